The molecule has 3 nitrogen and oxygen atoms in total. The van der Waals surface area contributed by atoms with Crippen LogP contribution in [0.2, 0.25) is 5.02 Å². The summed E-state index contributed by atoms with van der Waals surface area (Å²) in [7, 11) is 0. The van der Waals surface area contributed by atoms with Gasteiger partial charge in [-0.15, -0.1) is 0 Å². The van der Waals surface area contributed by atoms with E-state index in [-0.39, 0.29) is 0 Å². The number of halogens is 1. The van der Waals surface area contributed by atoms with Crippen LogP contribution in [0, 0.1) is 5.92 Å². The lowest BCUT2D eigenvalue weighted by molar-refractivity contribution is 0.121. The van der Waals surface area contributed by atoms with E-state index in [1.807, 2.05) is 12.1 Å². The number of rotatable bonds is 5. The Morgan fingerprint density at radius 1 is 1.40 bits per heavy atom. The molecule has 0 saturated carbocycles. The smallest absolute Gasteiger partial charge is 0.126 e. The van der Waals surface area contributed by atoms with Crippen LogP contribution in [-0.2, 0) is 6.54 Å². The van der Waals surface area contributed by atoms with Gasteiger partial charge in [-0.25, -0.2) is 4.98 Å². The molecular weight excluding hydrogens is 270 g/mol. The van der Waals surface area contributed by atoms with E-state index in [9.17, 15) is 0 Å². The molecule has 2 heterocycles. The predicted molar refractivity (Wildman–Crippen MR) is 86.3 cm³/mol. The highest BCUT2D eigenvalue weighted by molar-refractivity contribution is 6.31. The highest BCUT2D eigenvalue weighted by Gasteiger charge is 2.23. The lowest BCUT2D eigenvalue weighted by Crippen LogP contribution is -2.39. The summed E-state index contributed by atoms with van der Waals surface area (Å²) in [6.07, 6.45) is 3.64. The van der Waals surface area contributed by atoms with Gasteiger partial charge in [-0.1, -0.05) is 25.4 Å². The van der Waals surface area contributed by atoms with E-state index in [1.54, 1.807) is 0 Å². The van der Waals surface area contributed by atoms with Crippen molar-refractivity contribution < 1.29 is 0 Å². The predicted octanol–water partition coefficient (Wildman–Crippen LogP) is 4.18. The molecule has 0 amide bonds. The highest BCUT2D eigenvalue weighted by Crippen LogP contribution is 2.26. The van der Waals surface area contributed by atoms with E-state index in [1.165, 1.54) is 12.8 Å². The third-order valence-electron chi connectivity index (χ3n) is 4.10. The van der Waals surface area contributed by atoms with Crippen LogP contribution in [-0.4, -0.2) is 29.0 Å². The molecule has 1 aliphatic rings. The third-order valence-corrected chi connectivity index (χ3v) is 4.45. The van der Waals surface area contributed by atoms with Crippen LogP contribution in [0.1, 0.15) is 45.7 Å². The Labute approximate surface area is 127 Å². The van der Waals surface area contributed by atoms with Crippen LogP contribution in [0.15, 0.2) is 12.1 Å². The maximum absolute atomic E-state index is 6.31. The fraction of sp³-hybridized carbons (Fsp3) is 0.688. The number of hydrogen-bond donors (Lipinski definition) is 1. The van der Waals surface area contributed by atoms with E-state index < -0.39 is 0 Å². The van der Waals surface area contributed by atoms with Gasteiger partial charge >= 0.3 is 0 Å². The molecule has 1 aliphatic heterocycles. The largest absolute Gasteiger partial charge is 0.370 e. The normalized spacial score (nSPS) is 23.8. The van der Waals surface area contributed by atoms with Crippen molar-refractivity contribution in [3.8, 4) is 0 Å². The van der Waals surface area contributed by atoms with E-state index in [2.05, 4.69) is 36.0 Å². The minimum absolute atomic E-state index is 0.615. The first kappa shape index (κ1) is 15.6. The summed E-state index contributed by atoms with van der Waals surface area (Å²) in [5.74, 6) is 1.77. The molecule has 0 radical (unpaired) electrons. The van der Waals surface area contributed by atoms with E-state index >= 15 is 0 Å². The molecule has 0 spiro atoms. The first-order valence-electron chi connectivity index (χ1n) is 7.73. The molecule has 20 heavy (non-hydrogen) atoms. The van der Waals surface area contributed by atoms with Crippen molar-refractivity contribution in [2.24, 2.45) is 5.92 Å². The zero-order valence-corrected chi connectivity index (χ0v) is 13.6. The van der Waals surface area contributed by atoms with Gasteiger partial charge in [0.25, 0.3) is 0 Å². The van der Waals surface area contributed by atoms with Gasteiger partial charge in [0.1, 0.15) is 5.82 Å². The van der Waals surface area contributed by atoms with Gasteiger partial charge in [-0.3, -0.25) is 4.90 Å². The monoisotopic (exact) mass is 295 g/mol. The number of nitrogens with one attached hydrogen (secondary N) is 1. The Balaban J connectivity index is 2.04. The molecule has 2 atom stereocenters. The van der Waals surface area contributed by atoms with Crippen LogP contribution < -0.4 is 5.32 Å². The third kappa shape index (κ3) is 4.10. The van der Waals surface area contributed by atoms with Crippen molar-refractivity contribution in [3.63, 3.8) is 0 Å². The van der Waals surface area contributed by atoms with Crippen molar-refractivity contribution in [2.45, 2.75) is 52.6 Å². The minimum atomic E-state index is 0.615. The average molecular weight is 296 g/mol. The zero-order chi connectivity index (χ0) is 14.5. The number of pyridine rings is 1. The SMILES string of the molecule is CCCNc1ccc(Cl)c(CN2CCC(C)CC2C)n1. The summed E-state index contributed by atoms with van der Waals surface area (Å²) >= 11 is 6.31. The molecule has 4 heteroatoms. The summed E-state index contributed by atoms with van der Waals surface area (Å²) in [6.45, 7) is 9.75. The summed E-state index contributed by atoms with van der Waals surface area (Å²) in [5.41, 5.74) is 0.995. The van der Waals surface area contributed by atoms with Crippen LogP contribution in [0.25, 0.3) is 0 Å². The van der Waals surface area contributed by atoms with Crippen molar-refractivity contribution in [3.05, 3.63) is 22.8 Å². The number of aromatic nitrogens is 1. The first-order valence-corrected chi connectivity index (χ1v) is 8.11. The molecule has 2 unspecified atom stereocenters. The maximum Gasteiger partial charge on any atom is 0.126 e. The van der Waals surface area contributed by atoms with Gasteiger partial charge in [0.05, 0.1) is 10.7 Å². The second-order valence-electron chi connectivity index (χ2n) is 6.00. The van der Waals surface area contributed by atoms with Gasteiger partial charge in [0.2, 0.25) is 0 Å². The average Bonchev–Trinajstić information content (AvgIpc) is 2.42. The van der Waals surface area contributed by atoms with Crippen molar-refractivity contribution >= 4 is 17.4 Å². The molecule has 1 saturated heterocycles. The summed E-state index contributed by atoms with van der Waals surface area (Å²) in [6, 6.07) is 4.53. The molecular formula is C16H26ClN3. The second kappa shape index (κ2) is 7.28. The molecule has 0 aromatic carbocycles. The first-order chi connectivity index (χ1) is 9.60. The topological polar surface area (TPSA) is 28.2 Å². The molecule has 1 aromatic heterocycles. The van der Waals surface area contributed by atoms with Crippen LogP contribution >= 0.6 is 11.6 Å². The lowest BCUT2D eigenvalue weighted by atomic mass is 9.93. The van der Waals surface area contributed by atoms with Crippen molar-refractivity contribution in [1.82, 2.24) is 9.88 Å². The highest BCUT2D eigenvalue weighted by atomic mass is 35.5. The molecule has 1 fully saturated rings. The minimum Gasteiger partial charge on any atom is -0.370 e. The van der Waals surface area contributed by atoms with Gasteiger partial charge in [-0.2, -0.15) is 0 Å². The van der Waals surface area contributed by atoms with Crippen molar-refractivity contribution in [1.29, 1.82) is 0 Å². The fourth-order valence-corrected chi connectivity index (χ4v) is 2.99. The molecule has 1 aromatic rings. The number of nitrogens with zero attached hydrogens (tertiary/aromatic N) is 2. The van der Waals surface area contributed by atoms with Crippen LogP contribution in [0.5, 0.6) is 0 Å². The summed E-state index contributed by atoms with van der Waals surface area (Å²) in [5, 5.41) is 4.10. The zero-order valence-electron chi connectivity index (χ0n) is 12.8. The van der Waals surface area contributed by atoms with Crippen LogP contribution in [0.3, 0.4) is 0 Å². The second-order valence-corrected chi connectivity index (χ2v) is 6.41. The molecule has 0 aliphatic carbocycles. The maximum atomic E-state index is 6.31. The number of likely N-dealkylation sites (tertiary alicyclic amines) is 1. The Bertz CT molecular complexity index is 436. The van der Waals surface area contributed by atoms with Crippen molar-refractivity contribution in [2.75, 3.05) is 18.4 Å². The number of piperidine rings is 1. The lowest BCUT2D eigenvalue weighted by Gasteiger charge is -2.36. The Kier molecular flexibility index (Phi) is 5.67. The van der Waals surface area contributed by atoms with E-state index in [0.29, 0.717) is 6.04 Å². The van der Waals surface area contributed by atoms with Gasteiger partial charge in [0.15, 0.2) is 0 Å². The van der Waals surface area contributed by atoms with Gasteiger partial charge < -0.3 is 5.32 Å². The standard InChI is InChI=1S/C16H26ClN3/c1-4-8-18-16-6-5-14(17)15(19-16)11-20-9-7-12(2)10-13(20)3/h5-6,12-13H,4,7-11H2,1-3H3,(H,18,19). The Morgan fingerprint density at radius 3 is 2.90 bits per heavy atom. The molecule has 1 N–H and O–H groups in total. The van der Waals surface area contributed by atoms with Crippen LogP contribution in [0.4, 0.5) is 5.82 Å². The summed E-state index contributed by atoms with van der Waals surface area (Å²) < 4.78 is 0. The fourth-order valence-electron chi connectivity index (χ4n) is 2.83. The number of anilines is 1. The number of hydrogen-bond acceptors (Lipinski definition) is 3. The van der Waals surface area contributed by atoms with E-state index in [4.69, 9.17) is 11.6 Å². The summed E-state index contributed by atoms with van der Waals surface area (Å²) in [4.78, 5) is 7.17. The van der Waals surface area contributed by atoms with E-state index in [0.717, 1.165) is 48.5 Å². The molecule has 112 valence electrons. The Hall–Kier alpha value is -0.800. The van der Waals surface area contributed by atoms with Gasteiger partial charge in [-0.05, 0) is 50.8 Å². The molecule has 2 rings (SSSR count). The Morgan fingerprint density at radius 2 is 2.20 bits per heavy atom. The molecule has 0 bridgehead atoms. The van der Waals surface area contributed by atoms with Gasteiger partial charge in [0, 0.05) is 19.1 Å². The quantitative estimate of drug-likeness (QED) is 0.883.